The molecule has 2 aromatic carbocycles. The molecule has 0 aliphatic carbocycles. The second-order valence-corrected chi connectivity index (χ2v) is 6.91. The maximum Gasteiger partial charge on any atom is 0.293 e. The third kappa shape index (κ3) is 4.12. The van der Waals surface area contributed by atoms with Crippen LogP contribution < -0.4 is 10.9 Å². The van der Waals surface area contributed by atoms with Crippen LogP contribution in [0.2, 0.25) is 0 Å². The normalized spacial score (nSPS) is 11.0. The number of hydrogen-bond donors (Lipinski definition) is 1. The number of carbonyl (C=O) groups is 1. The summed E-state index contributed by atoms with van der Waals surface area (Å²) in [5.74, 6) is -0.705. The van der Waals surface area contributed by atoms with Gasteiger partial charge in [-0.15, -0.1) is 0 Å². The zero-order valence-corrected chi connectivity index (χ0v) is 16.4. The molecule has 30 heavy (non-hydrogen) atoms. The van der Waals surface area contributed by atoms with Crippen molar-refractivity contribution < 1.29 is 9.18 Å². The van der Waals surface area contributed by atoms with E-state index in [1.807, 2.05) is 24.3 Å². The lowest BCUT2D eigenvalue weighted by Gasteiger charge is -2.07. The fraction of sp³-hybridized carbons (Fsp3) is 0.182. The molecule has 1 amide bonds. The number of aryl methyl sites for hydroxylation is 1. The molecule has 4 rings (SSSR count). The number of benzene rings is 2. The second kappa shape index (κ2) is 8.28. The van der Waals surface area contributed by atoms with E-state index < -0.39 is 5.56 Å². The van der Waals surface area contributed by atoms with Gasteiger partial charge in [0.05, 0.1) is 5.69 Å². The van der Waals surface area contributed by atoms with Gasteiger partial charge >= 0.3 is 0 Å². The number of nitrogens with zero attached hydrogens (tertiary/aromatic N) is 4. The Morgan fingerprint density at radius 1 is 1.07 bits per heavy atom. The van der Waals surface area contributed by atoms with Crippen molar-refractivity contribution in [1.29, 1.82) is 0 Å². The van der Waals surface area contributed by atoms with Crippen LogP contribution in [-0.4, -0.2) is 25.3 Å². The molecule has 0 aliphatic heterocycles. The molecule has 2 aromatic heterocycles. The molecular formula is C22H20FN5O2. The van der Waals surface area contributed by atoms with E-state index in [2.05, 4.69) is 22.4 Å². The Labute approximate surface area is 171 Å². The van der Waals surface area contributed by atoms with Crippen LogP contribution in [-0.2, 0) is 24.3 Å². The van der Waals surface area contributed by atoms with Gasteiger partial charge in [0.25, 0.3) is 5.56 Å². The highest BCUT2D eigenvalue weighted by molar-refractivity contribution is 5.75. The van der Waals surface area contributed by atoms with E-state index in [1.165, 1.54) is 28.5 Å². The summed E-state index contributed by atoms with van der Waals surface area (Å²) in [6.07, 6.45) is 2.36. The maximum absolute atomic E-state index is 12.9. The molecule has 7 nitrogen and oxygen atoms in total. The van der Waals surface area contributed by atoms with Crippen molar-refractivity contribution in [3.63, 3.8) is 0 Å². The Bertz CT molecular complexity index is 1240. The summed E-state index contributed by atoms with van der Waals surface area (Å²) < 4.78 is 15.5. The van der Waals surface area contributed by atoms with Crippen molar-refractivity contribution in [2.24, 2.45) is 0 Å². The van der Waals surface area contributed by atoms with Crippen molar-refractivity contribution in [3.8, 4) is 11.3 Å². The number of amides is 1. The Morgan fingerprint density at radius 2 is 1.77 bits per heavy atom. The SMILES string of the molecule is CCc1ccc(-c2cc3c(=O)n(CC(=O)NCc4ccc(F)cc4)ncn3n2)cc1. The molecule has 0 aliphatic rings. The molecular weight excluding hydrogens is 385 g/mol. The Balaban J connectivity index is 1.50. The van der Waals surface area contributed by atoms with Gasteiger partial charge in [-0.1, -0.05) is 43.3 Å². The monoisotopic (exact) mass is 405 g/mol. The smallest absolute Gasteiger partial charge is 0.293 e. The molecule has 0 atom stereocenters. The van der Waals surface area contributed by atoms with Crippen LogP contribution in [0.4, 0.5) is 4.39 Å². The van der Waals surface area contributed by atoms with Gasteiger partial charge in [-0.2, -0.15) is 10.2 Å². The molecule has 4 aromatic rings. The zero-order chi connectivity index (χ0) is 21.1. The lowest BCUT2D eigenvalue weighted by atomic mass is 10.1. The number of aromatic nitrogens is 4. The number of hydrogen-bond acceptors (Lipinski definition) is 4. The van der Waals surface area contributed by atoms with Crippen molar-refractivity contribution in [1.82, 2.24) is 24.7 Å². The highest BCUT2D eigenvalue weighted by Crippen LogP contribution is 2.19. The van der Waals surface area contributed by atoms with Crippen molar-refractivity contribution >= 4 is 11.4 Å². The van der Waals surface area contributed by atoms with Crippen LogP contribution in [0.25, 0.3) is 16.8 Å². The summed E-state index contributed by atoms with van der Waals surface area (Å²) in [6, 6.07) is 15.5. The lowest BCUT2D eigenvalue weighted by Crippen LogP contribution is -2.34. The number of nitrogens with one attached hydrogen (secondary N) is 1. The average molecular weight is 405 g/mol. The molecule has 152 valence electrons. The van der Waals surface area contributed by atoms with Gasteiger partial charge in [-0.05, 0) is 35.7 Å². The first kappa shape index (κ1) is 19.5. The van der Waals surface area contributed by atoms with Gasteiger partial charge in [0, 0.05) is 12.1 Å². The summed E-state index contributed by atoms with van der Waals surface area (Å²) >= 11 is 0. The minimum Gasteiger partial charge on any atom is -0.350 e. The molecule has 0 saturated carbocycles. The molecule has 0 unspecified atom stereocenters. The highest BCUT2D eigenvalue weighted by Gasteiger charge is 2.12. The van der Waals surface area contributed by atoms with E-state index in [9.17, 15) is 14.0 Å². The molecule has 2 heterocycles. The van der Waals surface area contributed by atoms with Crippen molar-refractivity contribution in [2.45, 2.75) is 26.4 Å². The first-order chi connectivity index (χ1) is 14.5. The summed E-state index contributed by atoms with van der Waals surface area (Å²) in [5, 5.41) is 11.2. The molecule has 0 radical (unpaired) electrons. The van der Waals surface area contributed by atoms with E-state index in [0.717, 1.165) is 22.2 Å². The predicted molar refractivity (Wildman–Crippen MR) is 110 cm³/mol. The van der Waals surface area contributed by atoms with Crippen LogP contribution in [0.5, 0.6) is 0 Å². The predicted octanol–water partition coefficient (Wildman–Crippen LogP) is 2.58. The van der Waals surface area contributed by atoms with Crippen molar-refractivity contribution in [3.05, 3.63) is 88.2 Å². The van der Waals surface area contributed by atoms with Crippen LogP contribution in [0.3, 0.4) is 0 Å². The Morgan fingerprint density at radius 3 is 2.47 bits per heavy atom. The Kier molecular flexibility index (Phi) is 5.38. The number of carbonyl (C=O) groups excluding carboxylic acids is 1. The fourth-order valence-electron chi connectivity index (χ4n) is 3.10. The summed E-state index contributed by atoms with van der Waals surface area (Å²) in [5.41, 5.74) is 3.48. The van der Waals surface area contributed by atoms with Crippen LogP contribution in [0.1, 0.15) is 18.1 Å². The molecule has 0 spiro atoms. The maximum atomic E-state index is 12.9. The van der Waals surface area contributed by atoms with E-state index in [4.69, 9.17) is 0 Å². The van der Waals surface area contributed by atoms with Crippen LogP contribution >= 0.6 is 0 Å². The largest absolute Gasteiger partial charge is 0.350 e. The minimum absolute atomic E-state index is 0.220. The standard InChI is InChI=1S/C22H20FN5O2/c1-2-15-3-7-17(8-4-15)19-11-20-22(30)27(25-14-28(20)26-19)13-21(29)24-12-16-5-9-18(23)10-6-16/h3-11,14H,2,12-13H2,1H3,(H,24,29). The van der Waals surface area contributed by atoms with E-state index in [0.29, 0.717) is 11.2 Å². The van der Waals surface area contributed by atoms with Gasteiger partial charge in [0.1, 0.15) is 24.2 Å². The minimum atomic E-state index is -0.404. The summed E-state index contributed by atoms with van der Waals surface area (Å²) in [7, 11) is 0. The topological polar surface area (TPSA) is 81.3 Å². The van der Waals surface area contributed by atoms with E-state index in [1.54, 1.807) is 18.2 Å². The number of rotatable bonds is 6. The highest BCUT2D eigenvalue weighted by atomic mass is 19.1. The van der Waals surface area contributed by atoms with Gasteiger partial charge in [0.15, 0.2) is 0 Å². The van der Waals surface area contributed by atoms with Gasteiger partial charge in [0.2, 0.25) is 5.91 Å². The fourth-order valence-corrected chi connectivity index (χ4v) is 3.10. The molecule has 0 bridgehead atoms. The third-order valence-electron chi connectivity index (χ3n) is 4.84. The Hall–Kier alpha value is -3.81. The van der Waals surface area contributed by atoms with E-state index >= 15 is 0 Å². The van der Waals surface area contributed by atoms with Gasteiger partial charge < -0.3 is 5.32 Å². The van der Waals surface area contributed by atoms with Crippen LogP contribution in [0, 0.1) is 5.82 Å². The first-order valence-corrected chi connectivity index (χ1v) is 9.59. The van der Waals surface area contributed by atoms with Gasteiger partial charge in [-0.3, -0.25) is 9.59 Å². The van der Waals surface area contributed by atoms with Crippen LogP contribution in [0.15, 0.2) is 65.7 Å². The van der Waals surface area contributed by atoms with E-state index in [-0.39, 0.29) is 24.8 Å². The zero-order valence-electron chi connectivity index (χ0n) is 16.4. The third-order valence-corrected chi connectivity index (χ3v) is 4.84. The molecule has 8 heteroatoms. The van der Waals surface area contributed by atoms with Gasteiger partial charge in [-0.25, -0.2) is 13.6 Å². The molecule has 0 fully saturated rings. The molecule has 1 N–H and O–H groups in total. The number of halogens is 1. The summed E-state index contributed by atoms with van der Waals surface area (Å²) in [4.78, 5) is 25.0. The molecule has 0 saturated heterocycles. The summed E-state index contributed by atoms with van der Waals surface area (Å²) in [6.45, 7) is 2.10. The number of fused-ring (bicyclic) bond motifs is 1. The first-order valence-electron chi connectivity index (χ1n) is 9.59. The van der Waals surface area contributed by atoms with Crippen molar-refractivity contribution in [2.75, 3.05) is 0 Å². The lowest BCUT2D eigenvalue weighted by molar-refractivity contribution is -0.122. The second-order valence-electron chi connectivity index (χ2n) is 6.91. The average Bonchev–Trinajstić information content (AvgIpc) is 3.21. The quantitative estimate of drug-likeness (QED) is 0.535.